The molecule has 0 saturated carbocycles. The average Bonchev–Trinajstić information content (AvgIpc) is 2.52. The zero-order chi connectivity index (χ0) is 15.6. The highest BCUT2D eigenvalue weighted by Gasteiger charge is 2.32. The van der Waals surface area contributed by atoms with E-state index in [0.29, 0.717) is 0 Å². The molecule has 1 N–H and O–H groups in total. The van der Waals surface area contributed by atoms with Crippen LogP contribution in [0.3, 0.4) is 0 Å². The Labute approximate surface area is 130 Å². The van der Waals surface area contributed by atoms with Gasteiger partial charge in [-0.15, -0.1) is 0 Å². The van der Waals surface area contributed by atoms with Crippen LogP contribution in [0.25, 0.3) is 0 Å². The van der Waals surface area contributed by atoms with Crippen molar-refractivity contribution in [3.63, 3.8) is 0 Å². The first-order valence-corrected chi connectivity index (χ1v) is 8.07. The van der Waals surface area contributed by atoms with Crippen LogP contribution in [-0.2, 0) is 10.2 Å². The van der Waals surface area contributed by atoms with E-state index >= 15 is 0 Å². The van der Waals surface area contributed by atoms with E-state index in [0.717, 1.165) is 25.4 Å². The second-order valence-corrected chi connectivity index (χ2v) is 5.65. The van der Waals surface area contributed by atoms with Crippen LogP contribution in [-0.4, -0.2) is 33.9 Å². The molecule has 1 aromatic carbocycles. The van der Waals surface area contributed by atoms with Crippen molar-refractivity contribution in [2.45, 2.75) is 44.9 Å². The lowest BCUT2D eigenvalue weighted by atomic mass is 9.73. The van der Waals surface area contributed by atoms with Gasteiger partial charge in [0.1, 0.15) is 5.75 Å². The summed E-state index contributed by atoms with van der Waals surface area (Å²) in [7, 11) is 3.51. The first-order valence-electron chi connectivity index (χ1n) is 8.07. The maximum Gasteiger partial charge on any atom is 0.122 e. The van der Waals surface area contributed by atoms with Crippen molar-refractivity contribution in [3.8, 4) is 5.75 Å². The van der Waals surface area contributed by atoms with Gasteiger partial charge in [0.2, 0.25) is 0 Å². The van der Waals surface area contributed by atoms with E-state index in [1.807, 2.05) is 6.07 Å². The van der Waals surface area contributed by atoms with Crippen molar-refractivity contribution in [3.05, 3.63) is 29.8 Å². The molecule has 0 aliphatic heterocycles. The molecule has 0 amide bonds. The van der Waals surface area contributed by atoms with Gasteiger partial charge in [-0.1, -0.05) is 44.9 Å². The Morgan fingerprint density at radius 1 is 1.05 bits per heavy atom. The van der Waals surface area contributed by atoms with Gasteiger partial charge in [-0.05, 0) is 18.9 Å². The summed E-state index contributed by atoms with van der Waals surface area (Å²) in [5.41, 5.74) is 1.48. The predicted octanol–water partition coefficient (Wildman–Crippen LogP) is 3.77. The highest BCUT2D eigenvalue weighted by atomic mass is 16.5. The molecule has 120 valence electrons. The van der Waals surface area contributed by atoms with Crippen LogP contribution in [0.2, 0.25) is 0 Å². The van der Waals surface area contributed by atoms with Crippen molar-refractivity contribution >= 4 is 0 Å². The van der Waals surface area contributed by atoms with Crippen LogP contribution in [0.5, 0.6) is 5.75 Å². The fourth-order valence-corrected chi connectivity index (χ4v) is 3.21. The van der Waals surface area contributed by atoms with Crippen LogP contribution >= 0.6 is 0 Å². The minimum atomic E-state index is 0.143. The maximum absolute atomic E-state index is 5.62. The Morgan fingerprint density at radius 3 is 2.29 bits per heavy atom. The molecule has 0 aliphatic rings. The second kappa shape index (κ2) is 9.80. The molecule has 1 rings (SSSR count). The number of rotatable bonds is 11. The monoisotopic (exact) mass is 293 g/mol. The first-order chi connectivity index (χ1) is 10.2. The van der Waals surface area contributed by atoms with Gasteiger partial charge in [-0.25, -0.2) is 0 Å². The third kappa shape index (κ3) is 5.01. The fraction of sp³-hybridized carbons (Fsp3) is 0.667. The molecule has 0 fully saturated rings. The fourth-order valence-electron chi connectivity index (χ4n) is 3.21. The van der Waals surface area contributed by atoms with E-state index in [1.165, 1.54) is 31.2 Å². The van der Waals surface area contributed by atoms with E-state index in [-0.39, 0.29) is 5.41 Å². The molecule has 0 bridgehead atoms. The number of ether oxygens (including phenoxy) is 2. The van der Waals surface area contributed by atoms with Gasteiger partial charge >= 0.3 is 0 Å². The third-order valence-corrected chi connectivity index (χ3v) is 4.08. The van der Waals surface area contributed by atoms with Crippen LogP contribution < -0.4 is 10.1 Å². The number of hydrogen-bond acceptors (Lipinski definition) is 3. The van der Waals surface area contributed by atoms with E-state index in [9.17, 15) is 0 Å². The summed E-state index contributed by atoms with van der Waals surface area (Å²) in [5, 5.41) is 3.57. The zero-order valence-electron chi connectivity index (χ0n) is 14.1. The average molecular weight is 293 g/mol. The first kappa shape index (κ1) is 18.0. The number of hydrogen-bond donors (Lipinski definition) is 1. The molecule has 21 heavy (non-hydrogen) atoms. The number of benzene rings is 1. The molecule has 1 aromatic rings. The smallest absolute Gasteiger partial charge is 0.122 e. The lowest BCUT2D eigenvalue weighted by Gasteiger charge is -2.35. The Morgan fingerprint density at radius 2 is 1.71 bits per heavy atom. The van der Waals surface area contributed by atoms with Crippen molar-refractivity contribution < 1.29 is 9.47 Å². The number of para-hydroxylation sites is 1. The Bertz CT molecular complexity index is 387. The van der Waals surface area contributed by atoms with Crippen molar-refractivity contribution in [2.75, 3.05) is 33.9 Å². The summed E-state index contributed by atoms with van der Waals surface area (Å²) in [6.45, 7) is 7.13. The van der Waals surface area contributed by atoms with Crippen molar-refractivity contribution in [1.29, 1.82) is 0 Å². The lowest BCUT2D eigenvalue weighted by molar-refractivity contribution is 0.194. The van der Waals surface area contributed by atoms with Gasteiger partial charge in [0, 0.05) is 31.2 Å². The summed E-state index contributed by atoms with van der Waals surface area (Å²) in [5.74, 6) is 1.01. The summed E-state index contributed by atoms with van der Waals surface area (Å²) >= 11 is 0. The van der Waals surface area contributed by atoms with Gasteiger partial charge in [0.25, 0.3) is 0 Å². The second-order valence-electron chi connectivity index (χ2n) is 5.65. The summed E-state index contributed by atoms with van der Waals surface area (Å²) in [6, 6.07) is 8.46. The number of nitrogens with one attached hydrogen (secondary N) is 1. The third-order valence-electron chi connectivity index (χ3n) is 4.08. The SMILES string of the molecule is CCCC(CCC)(CNCCOC)c1ccccc1OC. The van der Waals surface area contributed by atoms with Gasteiger partial charge in [-0.3, -0.25) is 0 Å². The molecule has 0 spiro atoms. The molecule has 0 heterocycles. The molecule has 0 aliphatic carbocycles. The largest absolute Gasteiger partial charge is 0.496 e. The molecule has 0 radical (unpaired) electrons. The molecule has 3 nitrogen and oxygen atoms in total. The number of methoxy groups -OCH3 is 2. The van der Waals surface area contributed by atoms with Crippen LogP contribution in [0.15, 0.2) is 24.3 Å². The Balaban J connectivity index is 3.02. The highest BCUT2D eigenvalue weighted by molar-refractivity contribution is 5.40. The summed E-state index contributed by atoms with van der Waals surface area (Å²) in [4.78, 5) is 0. The predicted molar refractivity (Wildman–Crippen MR) is 89.2 cm³/mol. The van der Waals surface area contributed by atoms with E-state index in [4.69, 9.17) is 9.47 Å². The van der Waals surface area contributed by atoms with E-state index in [1.54, 1.807) is 14.2 Å². The van der Waals surface area contributed by atoms with E-state index in [2.05, 4.69) is 37.4 Å². The highest BCUT2D eigenvalue weighted by Crippen LogP contribution is 2.39. The van der Waals surface area contributed by atoms with Gasteiger partial charge < -0.3 is 14.8 Å². The quantitative estimate of drug-likeness (QED) is 0.630. The minimum Gasteiger partial charge on any atom is -0.496 e. The minimum absolute atomic E-state index is 0.143. The van der Waals surface area contributed by atoms with Gasteiger partial charge in [0.05, 0.1) is 13.7 Å². The molecular weight excluding hydrogens is 262 g/mol. The van der Waals surface area contributed by atoms with Crippen LogP contribution in [0, 0.1) is 0 Å². The molecule has 0 atom stereocenters. The summed E-state index contributed by atoms with van der Waals surface area (Å²) < 4.78 is 10.8. The Kier molecular flexibility index (Phi) is 8.40. The maximum atomic E-state index is 5.62. The standard InChI is InChI=1S/C18H31NO2/c1-5-11-18(12-6-2,15-19-13-14-20-3)16-9-7-8-10-17(16)21-4/h7-10,19H,5-6,11-15H2,1-4H3. The van der Waals surface area contributed by atoms with Crippen molar-refractivity contribution in [1.82, 2.24) is 5.32 Å². The molecule has 0 saturated heterocycles. The molecule has 3 heteroatoms. The molecule has 0 unspecified atom stereocenters. The summed E-state index contributed by atoms with van der Waals surface area (Å²) in [6.07, 6.45) is 4.68. The van der Waals surface area contributed by atoms with Gasteiger partial charge in [-0.2, -0.15) is 0 Å². The molecular formula is C18H31NO2. The van der Waals surface area contributed by atoms with E-state index < -0.39 is 0 Å². The van der Waals surface area contributed by atoms with Crippen molar-refractivity contribution in [2.24, 2.45) is 0 Å². The van der Waals surface area contributed by atoms with Gasteiger partial charge in [0.15, 0.2) is 0 Å². The van der Waals surface area contributed by atoms with Crippen LogP contribution in [0.4, 0.5) is 0 Å². The zero-order valence-corrected chi connectivity index (χ0v) is 14.1. The topological polar surface area (TPSA) is 30.5 Å². The van der Waals surface area contributed by atoms with Crippen LogP contribution in [0.1, 0.15) is 45.1 Å². The molecule has 0 aromatic heterocycles. The lowest BCUT2D eigenvalue weighted by Crippen LogP contribution is -2.39. The Hall–Kier alpha value is -1.06. The normalized spacial score (nSPS) is 11.6.